The predicted octanol–water partition coefficient (Wildman–Crippen LogP) is 4.66. The second-order valence-corrected chi connectivity index (χ2v) is 10.0. The Morgan fingerprint density at radius 1 is 0.912 bits per heavy atom. The lowest BCUT2D eigenvalue weighted by atomic mass is 10.0. The van der Waals surface area contributed by atoms with Crippen LogP contribution in [0.2, 0.25) is 5.02 Å². The van der Waals surface area contributed by atoms with Gasteiger partial charge in [0.2, 0.25) is 0 Å². The lowest BCUT2D eigenvalue weighted by molar-refractivity contribution is -0.127. The predicted molar refractivity (Wildman–Crippen MR) is 132 cm³/mol. The third-order valence-electron chi connectivity index (χ3n) is 4.75. The first-order valence-electron chi connectivity index (χ1n) is 10.6. The molecular formula is C25H25ClN2O5S. The summed E-state index contributed by atoms with van der Waals surface area (Å²) in [7, 11) is -4.02. The van der Waals surface area contributed by atoms with Gasteiger partial charge in [0.1, 0.15) is 5.75 Å². The number of ketones is 1. The molecule has 0 aliphatic carbocycles. The molecule has 2 N–H and O–H groups in total. The molecule has 0 saturated heterocycles. The van der Waals surface area contributed by atoms with Crippen molar-refractivity contribution in [2.24, 2.45) is 0 Å². The van der Waals surface area contributed by atoms with E-state index in [1.165, 1.54) is 42.5 Å². The highest BCUT2D eigenvalue weighted by molar-refractivity contribution is 7.92. The van der Waals surface area contributed by atoms with Gasteiger partial charge in [-0.3, -0.25) is 14.3 Å². The number of carbonyl (C=O) groups excluding carboxylic acids is 2. The molecule has 0 spiro atoms. The van der Waals surface area contributed by atoms with Crippen molar-refractivity contribution in [3.8, 4) is 5.75 Å². The molecule has 0 radical (unpaired) electrons. The smallest absolute Gasteiger partial charge is 0.261 e. The molecule has 178 valence electrons. The molecule has 0 saturated carbocycles. The third kappa shape index (κ3) is 6.36. The summed E-state index contributed by atoms with van der Waals surface area (Å²) in [4.78, 5) is 25.0. The fourth-order valence-electron chi connectivity index (χ4n) is 3.10. The molecule has 0 aliphatic heterocycles. The van der Waals surface area contributed by atoms with Crippen LogP contribution < -0.4 is 14.8 Å². The highest BCUT2D eigenvalue weighted by Crippen LogP contribution is 2.27. The molecule has 0 bridgehead atoms. The van der Waals surface area contributed by atoms with Crippen LogP contribution in [0.3, 0.4) is 0 Å². The molecule has 0 heterocycles. The lowest BCUT2D eigenvalue weighted by Gasteiger charge is -2.17. The van der Waals surface area contributed by atoms with Crippen LogP contribution in [-0.4, -0.2) is 32.3 Å². The minimum atomic E-state index is -4.02. The minimum Gasteiger partial charge on any atom is -0.481 e. The zero-order chi connectivity index (χ0) is 24.9. The molecule has 1 amide bonds. The fourth-order valence-corrected chi connectivity index (χ4v) is 4.35. The Morgan fingerprint density at radius 3 is 2.18 bits per heavy atom. The number of nitrogens with one attached hydrogen (secondary N) is 2. The van der Waals surface area contributed by atoms with Gasteiger partial charge in [-0.15, -0.1) is 0 Å². The summed E-state index contributed by atoms with van der Waals surface area (Å²) in [6.45, 7) is 5.29. The van der Waals surface area contributed by atoms with Crippen LogP contribution in [0.1, 0.15) is 36.7 Å². The van der Waals surface area contributed by atoms with Crippen molar-refractivity contribution in [3.05, 3.63) is 88.9 Å². The number of hydrogen-bond acceptors (Lipinski definition) is 5. The molecule has 1 atom stereocenters. The first kappa shape index (κ1) is 25.3. The Labute approximate surface area is 204 Å². The van der Waals surface area contributed by atoms with Crippen molar-refractivity contribution in [2.45, 2.75) is 37.8 Å². The number of halogens is 1. The van der Waals surface area contributed by atoms with E-state index in [9.17, 15) is 18.0 Å². The standard InChI is InChI=1S/C25H25ClN2O5S/c1-16(2)27-25(30)17(3)33-20-10-12-21(13-11-20)34(31,32)28-23-14-9-19(26)15-22(23)24(29)18-7-5-4-6-8-18/h4-17,28H,1-3H3,(H,27,30)/t17-/m1/s1. The first-order chi connectivity index (χ1) is 16.1. The van der Waals surface area contributed by atoms with Crippen LogP contribution in [0.15, 0.2) is 77.7 Å². The SMILES string of the molecule is CC(C)NC(=O)[C@@H](C)Oc1ccc(S(=O)(=O)Nc2ccc(Cl)cc2C(=O)c2ccccc2)cc1. The van der Waals surface area contributed by atoms with Crippen LogP contribution in [-0.2, 0) is 14.8 Å². The van der Waals surface area contributed by atoms with Gasteiger partial charge < -0.3 is 10.1 Å². The second kappa shape index (κ2) is 10.7. The number of rotatable bonds is 9. The van der Waals surface area contributed by atoms with Gasteiger partial charge in [-0.05, 0) is 63.2 Å². The summed E-state index contributed by atoms with van der Waals surface area (Å²) in [5.74, 6) is -0.290. The van der Waals surface area contributed by atoms with E-state index in [4.69, 9.17) is 16.3 Å². The number of sulfonamides is 1. The quantitative estimate of drug-likeness (QED) is 0.416. The van der Waals surface area contributed by atoms with Crippen molar-refractivity contribution in [1.82, 2.24) is 5.32 Å². The minimum absolute atomic E-state index is 0.0244. The van der Waals surface area contributed by atoms with Gasteiger partial charge in [0.05, 0.1) is 10.6 Å². The zero-order valence-electron chi connectivity index (χ0n) is 18.9. The van der Waals surface area contributed by atoms with Crippen molar-refractivity contribution in [1.29, 1.82) is 0 Å². The summed E-state index contributed by atoms with van der Waals surface area (Å²) < 4.78 is 34.1. The maximum atomic E-state index is 13.0. The van der Waals surface area contributed by atoms with Gasteiger partial charge in [-0.1, -0.05) is 41.9 Å². The third-order valence-corrected chi connectivity index (χ3v) is 6.37. The summed E-state index contributed by atoms with van der Waals surface area (Å²) in [6, 6.07) is 18.5. The van der Waals surface area contributed by atoms with Gasteiger partial charge in [-0.25, -0.2) is 8.42 Å². The number of carbonyl (C=O) groups is 2. The largest absolute Gasteiger partial charge is 0.481 e. The van der Waals surface area contributed by atoms with Gasteiger partial charge in [0, 0.05) is 22.2 Å². The van der Waals surface area contributed by atoms with E-state index in [0.29, 0.717) is 16.3 Å². The molecule has 3 aromatic rings. The van der Waals surface area contributed by atoms with Gasteiger partial charge >= 0.3 is 0 Å². The Morgan fingerprint density at radius 2 is 1.56 bits per heavy atom. The van der Waals surface area contributed by atoms with Gasteiger partial charge in [0.25, 0.3) is 15.9 Å². The molecular weight excluding hydrogens is 476 g/mol. The monoisotopic (exact) mass is 500 g/mol. The zero-order valence-corrected chi connectivity index (χ0v) is 20.5. The molecule has 3 rings (SSSR count). The number of amides is 1. The number of benzene rings is 3. The first-order valence-corrected chi connectivity index (χ1v) is 12.4. The van der Waals surface area contributed by atoms with Crippen molar-refractivity contribution in [3.63, 3.8) is 0 Å². The van der Waals surface area contributed by atoms with E-state index in [-0.39, 0.29) is 33.9 Å². The highest BCUT2D eigenvalue weighted by atomic mass is 35.5. The number of hydrogen-bond donors (Lipinski definition) is 2. The Balaban J connectivity index is 1.80. The molecule has 34 heavy (non-hydrogen) atoms. The van der Waals surface area contributed by atoms with E-state index in [1.807, 2.05) is 13.8 Å². The van der Waals surface area contributed by atoms with E-state index in [2.05, 4.69) is 10.0 Å². The molecule has 0 fully saturated rings. The van der Waals surface area contributed by atoms with Crippen molar-refractivity contribution >= 4 is 39.0 Å². The normalized spacial score (nSPS) is 12.1. The Hall–Kier alpha value is -3.36. The van der Waals surface area contributed by atoms with Crippen LogP contribution in [0.4, 0.5) is 5.69 Å². The Bertz CT molecular complexity index is 1280. The number of anilines is 1. The average molecular weight is 501 g/mol. The van der Waals surface area contributed by atoms with Gasteiger partial charge in [-0.2, -0.15) is 0 Å². The molecule has 0 aromatic heterocycles. The fraction of sp³-hybridized carbons (Fsp3) is 0.200. The maximum Gasteiger partial charge on any atom is 0.261 e. The van der Waals surface area contributed by atoms with E-state index in [0.717, 1.165) is 0 Å². The van der Waals surface area contributed by atoms with Crippen molar-refractivity contribution in [2.75, 3.05) is 4.72 Å². The highest BCUT2D eigenvalue weighted by Gasteiger charge is 2.21. The van der Waals surface area contributed by atoms with E-state index >= 15 is 0 Å². The van der Waals surface area contributed by atoms with E-state index < -0.39 is 16.1 Å². The molecule has 3 aromatic carbocycles. The molecule has 0 aliphatic rings. The summed E-state index contributed by atoms with van der Waals surface area (Å²) >= 11 is 6.07. The summed E-state index contributed by atoms with van der Waals surface area (Å²) in [6.07, 6.45) is -0.747. The van der Waals surface area contributed by atoms with Gasteiger partial charge in [0.15, 0.2) is 11.9 Å². The number of ether oxygens (including phenoxy) is 1. The topological polar surface area (TPSA) is 102 Å². The molecule has 7 nitrogen and oxygen atoms in total. The lowest BCUT2D eigenvalue weighted by Crippen LogP contribution is -2.40. The van der Waals surface area contributed by atoms with Crippen LogP contribution in [0, 0.1) is 0 Å². The van der Waals surface area contributed by atoms with Crippen LogP contribution in [0.25, 0.3) is 0 Å². The average Bonchev–Trinajstić information content (AvgIpc) is 2.80. The summed E-state index contributed by atoms with van der Waals surface area (Å²) in [5.41, 5.74) is 0.645. The molecule has 9 heteroatoms. The summed E-state index contributed by atoms with van der Waals surface area (Å²) in [5, 5.41) is 3.05. The van der Waals surface area contributed by atoms with Crippen molar-refractivity contribution < 1.29 is 22.7 Å². The molecule has 0 unspecified atom stereocenters. The van der Waals surface area contributed by atoms with E-state index in [1.54, 1.807) is 37.3 Å². The Kier molecular flexibility index (Phi) is 7.96. The van der Waals surface area contributed by atoms with Crippen LogP contribution in [0.5, 0.6) is 5.75 Å². The van der Waals surface area contributed by atoms with Crippen LogP contribution >= 0.6 is 11.6 Å². The maximum absolute atomic E-state index is 13.0. The second-order valence-electron chi connectivity index (χ2n) is 7.89.